The van der Waals surface area contributed by atoms with Crippen molar-refractivity contribution in [2.45, 2.75) is 6.43 Å². The molecule has 1 radical (unpaired) electrons. The van der Waals surface area contributed by atoms with E-state index in [-0.39, 0.29) is 0 Å². The molecule has 1 heterocycles. The van der Waals surface area contributed by atoms with Crippen LogP contribution in [0.15, 0.2) is 4.52 Å². The van der Waals surface area contributed by atoms with Crippen LogP contribution in [0.1, 0.15) is 12.3 Å². The highest BCUT2D eigenvalue weighted by Gasteiger charge is 2.11. The third-order valence-electron chi connectivity index (χ3n) is 0.527. The molecule has 1 aromatic heterocycles. The van der Waals surface area contributed by atoms with Crippen molar-refractivity contribution in [1.29, 1.82) is 0 Å². The van der Waals surface area contributed by atoms with Gasteiger partial charge >= 0.3 is 6.43 Å². The number of hydrogen-bond acceptors (Lipinski definition) is 3. The van der Waals surface area contributed by atoms with E-state index in [1.54, 1.807) is 0 Å². The van der Waals surface area contributed by atoms with Crippen LogP contribution in [0, 0.1) is 6.33 Å². The Balaban J connectivity index is 2.77. The summed E-state index contributed by atoms with van der Waals surface area (Å²) in [6.07, 6.45) is -0.822. The van der Waals surface area contributed by atoms with Crippen LogP contribution in [0.5, 0.6) is 0 Å². The molecule has 0 saturated carbocycles. The van der Waals surface area contributed by atoms with Gasteiger partial charge in [-0.1, -0.05) is 5.16 Å². The number of nitrogens with zero attached hydrogens (tertiary/aromatic N) is 2. The van der Waals surface area contributed by atoms with Crippen LogP contribution < -0.4 is 0 Å². The third kappa shape index (κ3) is 0.800. The first-order chi connectivity index (χ1) is 3.80. The third-order valence-corrected chi connectivity index (χ3v) is 0.527. The molecule has 0 bridgehead atoms. The van der Waals surface area contributed by atoms with Crippen molar-refractivity contribution in [2.75, 3.05) is 0 Å². The molecule has 0 fully saturated rings. The van der Waals surface area contributed by atoms with Gasteiger partial charge < -0.3 is 4.52 Å². The van der Waals surface area contributed by atoms with Crippen molar-refractivity contribution in [1.82, 2.24) is 10.1 Å². The summed E-state index contributed by atoms with van der Waals surface area (Å²) in [5.74, 6) is -0.690. The largest absolute Gasteiger partial charge is 0.332 e. The van der Waals surface area contributed by atoms with Gasteiger partial charge in [-0.2, -0.15) is 13.8 Å². The Morgan fingerprint density at radius 1 is 1.62 bits per heavy atom. The molecule has 0 atom stereocenters. The van der Waals surface area contributed by atoms with Gasteiger partial charge in [0.15, 0.2) is 0 Å². The molecule has 43 valence electrons. The van der Waals surface area contributed by atoms with Gasteiger partial charge in [0.25, 0.3) is 5.89 Å². The molecule has 0 aliphatic rings. The molecule has 1 rings (SSSR count). The summed E-state index contributed by atoms with van der Waals surface area (Å²) in [5, 5.41) is 2.85. The van der Waals surface area contributed by atoms with E-state index in [2.05, 4.69) is 14.7 Å². The van der Waals surface area contributed by atoms with Crippen LogP contribution in [0.3, 0.4) is 0 Å². The molecule has 0 spiro atoms. The SMILES string of the molecule is FC(F)c1n[c]no1. The summed E-state index contributed by atoms with van der Waals surface area (Å²) in [6.45, 7) is 0. The molecule has 8 heavy (non-hydrogen) atoms. The highest BCUT2D eigenvalue weighted by atomic mass is 19.3. The zero-order valence-electron chi connectivity index (χ0n) is 3.64. The predicted molar refractivity (Wildman–Crippen MR) is 18.1 cm³/mol. The van der Waals surface area contributed by atoms with Gasteiger partial charge in [-0.3, -0.25) is 0 Å². The van der Waals surface area contributed by atoms with Gasteiger partial charge in [-0.25, -0.2) is 0 Å². The van der Waals surface area contributed by atoms with Gasteiger partial charge in [-0.15, -0.1) is 0 Å². The molecule has 0 aliphatic carbocycles. The Bertz CT molecular complexity index is 150. The molecule has 3 nitrogen and oxygen atoms in total. The van der Waals surface area contributed by atoms with Crippen molar-refractivity contribution in [3.05, 3.63) is 12.2 Å². The number of halogens is 2. The lowest BCUT2D eigenvalue weighted by Gasteiger charge is -1.82. The van der Waals surface area contributed by atoms with Gasteiger partial charge in [0, 0.05) is 0 Å². The standard InChI is InChI=1S/C3HF2N2O/c4-2(5)3-6-1-7-8-3/h2H. The maximum atomic E-state index is 11.4. The Labute approximate surface area is 43.3 Å². The normalized spacial score (nSPS) is 10.4. The predicted octanol–water partition coefficient (Wildman–Crippen LogP) is 0.807. The number of hydrogen-bond donors (Lipinski definition) is 0. The molecule has 0 aliphatic heterocycles. The van der Waals surface area contributed by atoms with Crippen LogP contribution in [-0.4, -0.2) is 10.1 Å². The number of alkyl halides is 2. The smallest absolute Gasteiger partial charge is 0.315 e. The zero-order chi connectivity index (χ0) is 5.98. The monoisotopic (exact) mass is 119 g/mol. The Morgan fingerprint density at radius 3 is 2.62 bits per heavy atom. The summed E-state index contributed by atoms with van der Waals surface area (Å²) in [6, 6.07) is 0. The van der Waals surface area contributed by atoms with E-state index < -0.39 is 12.3 Å². The lowest BCUT2D eigenvalue weighted by atomic mass is 10.7. The highest BCUT2D eigenvalue weighted by molar-refractivity contribution is 4.72. The van der Waals surface area contributed by atoms with E-state index in [1.165, 1.54) is 0 Å². The fraction of sp³-hybridized carbons (Fsp3) is 0.333. The van der Waals surface area contributed by atoms with Gasteiger partial charge in [0.2, 0.25) is 6.33 Å². The second-order valence-electron chi connectivity index (χ2n) is 1.03. The Hall–Kier alpha value is -1.00. The second-order valence-corrected chi connectivity index (χ2v) is 1.03. The van der Waals surface area contributed by atoms with Crippen molar-refractivity contribution < 1.29 is 13.3 Å². The van der Waals surface area contributed by atoms with Crippen LogP contribution in [0.4, 0.5) is 8.78 Å². The minimum atomic E-state index is -2.69. The summed E-state index contributed by atoms with van der Waals surface area (Å²) >= 11 is 0. The molecule has 0 aromatic carbocycles. The fourth-order valence-electron chi connectivity index (χ4n) is 0.246. The minimum absolute atomic E-state index is 0.690. The quantitative estimate of drug-likeness (QED) is 0.549. The molecule has 5 heteroatoms. The van der Waals surface area contributed by atoms with Crippen molar-refractivity contribution in [3.8, 4) is 0 Å². The van der Waals surface area contributed by atoms with E-state index in [4.69, 9.17) is 0 Å². The minimum Gasteiger partial charge on any atom is -0.332 e. The van der Waals surface area contributed by atoms with Crippen molar-refractivity contribution >= 4 is 0 Å². The summed E-state index contributed by atoms with van der Waals surface area (Å²) in [5.41, 5.74) is 0. The molecule has 1 aromatic rings. The van der Waals surface area contributed by atoms with Gasteiger partial charge in [-0.05, 0) is 0 Å². The van der Waals surface area contributed by atoms with E-state index in [1.807, 2.05) is 6.33 Å². The molecular formula is C3HF2N2O. The summed E-state index contributed by atoms with van der Waals surface area (Å²) < 4.78 is 26.7. The van der Waals surface area contributed by atoms with Crippen molar-refractivity contribution in [2.24, 2.45) is 0 Å². The Morgan fingerprint density at radius 2 is 2.38 bits per heavy atom. The van der Waals surface area contributed by atoms with Crippen LogP contribution in [0.2, 0.25) is 0 Å². The molecule has 0 N–H and O–H groups in total. The molecule has 0 saturated heterocycles. The van der Waals surface area contributed by atoms with Crippen molar-refractivity contribution in [3.63, 3.8) is 0 Å². The van der Waals surface area contributed by atoms with Gasteiger partial charge in [0.1, 0.15) is 0 Å². The van der Waals surface area contributed by atoms with E-state index in [0.717, 1.165) is 0 Å². The lowest BCUT2D eigenvalue weighted by molar-refractivity contribution is 0.106. The van der Waals surface area contributed by atoms with E-state index >= 15 is 0 Å². The van der Waals surface area contributed by atoms with Crippen LogP contribution >= 0.6 is 0 Å². The number of rotatable bonds is 1. The topological polar surface area (TPSA) is 38.9 Å². The average Bonchev–Trinajstić information content (AvgIpc) is 2.12. The lowest BCUT2D eigenvalue weighted by Crippen LogP contribution is -1.80. The first kappa shape index (κ1) is 5.14. The molecule has 0 unspecified atom stereocenters. The Kier molecular flexibility index (Phi) is 1.19. The number of aromatic nitrogens is 2. The molecule has 0 amide bonds. The van der Waals surface area contributed by atoms with Crippen LogP contribution in [-0.2, 0) is 0 Å². The summed E-state index contributed by atoms with van der Waals surface area (Å²) in [4.78, 5) is 2.96. The van der Waals surface area contributed by atoms with Crippen LogP contribution in [0.25, 0.3) is 0 Å². The first-order valence-corrected chi connectivity index (χ1v) is 1.78. The van der Waals surface area contributed by atoms with E-state index in [9.17, 15) is 8.78 Å². The second kappa shape index (κ2) is 1.85. The van der Waals surface area contributed by atoms with E-state index in [0.29, 0.717) is 0 Å². The maximum Gasteiger partial charge on any atom is 0.315 e. The summed E-state index contributed by atoms with van der Waals surface area (Å²) in [7, 11) is 0. The highest BCUT2D eigenvalue weighted by Crippen LogP contribution is 2.13. The zero-order valence-corrected chi connectivity index (χ0v) is 3.64. The van der Waals surface area contributed by atoms with Gasteiger partial charge in [0.05, 0.1) is 0 Å². The average molecular weight is 119 g/mol. The maximum absolute atomic E-state index is 11.4. The fourth-order valence-corrected chi connectivity index (χ4v) is 0.246. The first-order valence-electron chi connectivity index (χ1n) is 1.78. The molecular weight excluding hydrogens is 118 g/mol.